The molecule has 5 nitrogen and oxygen atoms in total. The van der Waals surface area contributed by atoms with Gasteiger partial charge in [0.15, 0.2) is 0 Å². The summed E-state index contributed by atoms with van der Waals surface area (Å²) in [6.45, 7) is 0. The summed E-state index contributed by atoms with van der Waals surface area (Å²) >= 11 is 0. The van der Waals surface area contributed by atoms with Gasteiger partial charge in [0, 0.05) is 0 Å². The second-order valence-electron chi connectivity index (χ2n) is 3.89. The van der Waals surface area contributed by atoms with Crippen LogP contribution < -0.4 is 9.86 Å². The lowest BCUT2D eigenvalue weighted by Gasteiger charge is -2.08. The molecular formula is C13H11N3O2S. The number of anilines is 1. The molecule has 0 spiro atoms. The van der Waals surface area contributed by atoms with Crippen molar-refractivity contribution in [2.45, 2.75) is 0 Å². The quantitative estimate of drug-likeness (QED) is 0.893. The van der Waals surface area contributed by atoms with Crippen molar-refractivity contribution in [2.75, 3.05) is 4.72 Å². The van der Waals surface area contributed by atoms with Crippen LogP contribution in [0.25, 0.3) is 11.1 Å². The summed E-state index contributed by atoms with van der Waals surface area (Å²) in [5.41, 5.74) is 2.17. The molecule has 0 aliphatic rings. The average molecular weight is 273 g/mol. The summed E-state index contributed by atoms with van der Waals surface area (Å²) in [7, 11) is -3.89. The zero-order valence-corrected chi connectivity index (χ0v) is 10.7. The third-order valence-corrected chi connectivity index (χ3v) is 3.00. The van der Waals surface area contributed by atoms with Crippen molar-refractivity contribution in [3.8, 4) is 17.2 Å². The van der Waals surface area contributed by atoms with E-state index in [0.29, 0.717) is 0 Å². The molecule has 0 aromatic heterocycles. The smallest absolute Gasteiger partial charge is 0.270 e. The molecule has 3 N–H and O–H groups in total. The van der Waals surface area contributed by atoms with E-state index in [-0.39, 0.29) is 11.3 Å². The van der Waals surface area contributed by atoms with E-state index in [9.17, 15) is 8.42 Å². The molecule has 0 amide bonds. The van der Waals surface area contributed by atoms with Gasteiger partial charge in [0.05, 0.1) is 11.3 Å². The standard InChI is InChI=1S/C13H11N3O2S/c14-9-12-8-11(10-4-2-1-3-5-10)6-7-13(12)16-19(15,17)18/h1-8,16H,(H2,15,17,18). The fraction of sp³-hybridized carbons (Fsp3) is 0. The topological polar surface area (TPSA) is 96.0 Å². The Kier molecular flexibility index (Phi) is 3.51. The van der Waals surface area contributed by atoms with Gasteiger partial charge in [0.25, 0.3) is 10.2 Å². The lowest BCUT2D eigenvalue weighted by atomic mass is 10.0. The summed E-state index contributed by atoms with van der Waals surface area (Å²) in [6.07, 6.45) is 0. The molecular weight excluding hydrogens is 262 g/mol. The van der Waals surface area contributed by atoms with E-state index in [1.165, 1.54) is 6.07 Å². The fourth-order valence-corrected chi connectivity index (χ4v) is 2.17. The van der Waals surface area contributed by atoms with E-state index >= 15 is 0 Å². The molecule has 2 aromatic rings. The van der Waals surface area contributed by atoms with Gasteiger partial charge in [-0.3, -0.25) is 4.72 Å². The summed E-state index contributed by atoms with van der Waals surface area (Å²) < 4.78 is 24.1. The Morgan fingerprint density at radius 2 is 1.74 bits per heavy atom. The predicted octanol–water partition coefficient (Wildman–Crippen LogP) is 1.84. The van der Waals surface area contributed by atoms with Crippen molar-refractivity contribution in [2.24, 2.45) is 5.14 Å². The van der Waals surface area contributed by atoms with Crippen molar-refractivity contribution < 1.29 is 8.42 Å². The van der Waals surface area contributed by atoms with Gasteiger partial charge in [-0.1, -0.05) is 36.4 Å². The number of rotatable bonds is 3. The number of nitriles is 1. The Bertz CT molecular complexity index is 734. The molecule has 0 fully saturated rings. The van der Waals surface area contributed by atoms with Gasteiger partial charge in [0.1, 0.15) is 6.07 Å². The Morgan fingerprint density at radius 1 is 1.05 bits per heavy atom. The Balaban J connectivity index is 2.46. The Morgan fingerprint density at radius 3 is 2.32 bits per heavy atom. The first-order chi connectivity index (χ1) is 8.99. The summed E-state index contributed by atoms with van der Waals surface area (Å²) in [5, 5.41) is 14.0. The van der Waals surface area contributed by atoms with Crippen LogP contribution in [-0.2, 0) is 10.2 Å². The minimum atomic E-state index is -3.89. The van der Waals surface area contributed by atoms with Crippen LogP contribution in [0.4, 0.5) is 5.69 Å². The van der Waals surface area contributed by atoms with Gasteiger partial charge in [-0.25, -0.2) is 5.14 Å². The molecule has 0 bridgehead atoms. The summed E-state index contributed by atoms with van der Waals surface area (Å²) in [6, 6.07) is 16.3. The Hall–Kier alpha value is -2.36. The second-order valence-corrected chi connectivity index (χ2v) is 5.18. The number of hydrogen-bond donors (Lipinski definition) is 2. The first-order valence-electron chi connectivity index (χ1n) is 5.40. The Labute approximate surface area is 111 Å². The highest BCUT2D eigenvalue weighted by Crippen LogP contribution is 2.25. The maximum Gasteiger partial charge on any atom is 0.296 e. The zero-order valence-electron chi connectivity index (χ0n) is 9.87. The third-order valence-electron chi connectivity index (χ3n) is 2.50. The number of nitrogens with zero attached hydrogens (tertiary/aromatic N) is 1. The fourth-order valence-electron chi connectivity index (χ4n) is 1.69. The molecule has 0 heterocycles. The van der Waals surface area contributed by atoms with Crippen molar-refractivity contribution in [3.63, 3.8) is 0 Å². The molecule has 0 saturated carbocycles. The van der Waals surface area contributed by atoms with Gasteiger partial charge in [-0.15, -0.1) is 0 Å². The minimum absolute atomic E-state index is 0.171. The van der Waals surface area contributed by atoms with Crippen molar-refractivity contribution in [1.29, 1.82) is 5.26 Å². The van der Waals surface area contributed by atoms with Gasteiger partial charge in [-0.2, -0.15) is 13.7 Å². The van der Waals surface area contributed by atoms with Crippen LogP contribution in [0.5, 0.6) is 0 Å². The maximum atomic E-state index is 11.0. The van der Waals surface area contributed by atoms with Gasteiger partial charge < -0.3 is 0 Å². The lowest BCUT2D eigenvalue weighted by Crippen LogP contribution is -2.22. The average Bonchev–Trinajstić information content (AvgIpc) is 2.38. The second kappa shape index (κ2) is 5.10. The van der Waals surface area contributed by atoms with Crippen LogP contribution in [0.15, 0.2) is 48.5 Å². The van der Waals surface area contributed by atoms with Crippen LogP contribution in [0.3, 0.4) is 0 Å². The van der Waals surface area contributed by atoms with Gasteiger partial charge in [0.2, 0.25) is 0 Å². The monoisotopic (exact) mass is 273 g/mol. The van der Waals surface area contributed by atoms with Crippen LogP contribution in [0, 0.1) is 11.3 Å². The van der Waals surface area contributed by atoms with E-state index in [4.69, 9.17) is 10.4 Å². The minimum Gasteiger partial charge on any atom is -0.270 e. The molecule has 2 aromatic carbocycles. The van der Waals surface area contributed by atoms with E-state index in [1.807, 2.05) is 36.4 Å². The number of nitrogens with two attached hydrogens (primary N) is 1. The highest BCUT2D eigenvalue weighted by atomic mass is 32.2. The van der Waals surface area contributed by atoms with E-state index in [1.54, 1.807) is 12.1 Å². The molecule has 96 valence electrons. The van der Waals surface area contributed by atoms with Crippen LogP contribution in [0.1, 0.15) is 5.56 Å². The SMILES string of the molecule is N#Cc1cc(-c2ccccc2)ccc1NS(N)(=O)=O. The van der Waals surface area contributed by atoms with Crippen molar-refractivity contribution in [3.05, 3.63) is 54.1 Å². The van der Waals surface area contributed by atoms with E-state index < -0.39 is 10.2 Å². The largest absolute Gasteiger partial charge is 0.296 e. The number of hydrogen-bond acceptors (Lipinski definition) is 3. The molecule has 19 heavy (non-hydrogen) atoms. The van der Waals surface area contributed by atoms with Crippen LogP contribution in [-0.4, -0.2) is 8.42 Å². The molecule has 0 radical (unpaired) electrons. The van der Waals surface area contributed by atoms with Crippen LogP contribution in [0.2, 0.25) is 0 Å². The van der Waals surface area contributed by atoms with Gasteiger partial charge in [-0.05, 0) is 23.3 Å². The molecule has 6 heteroatoms. The number of benzene rings is 2. The molecule has 0 saturated heterocycles. The summed E-state index contributed by atoms with van der Waals surface area (Å²) in [5.74, 6) is 0. The normalized spacial score (nSPS) is 10.7. The van der Waals surface area contributed by atoms with Gasteiger partial charge >= 0.3 is 0 Å². The maximum absolute atomic E-state index is 11.0. The van der Waals surface area contributed by atoms with Crippen molar-refractivity contribution >= 4 is 15.9 Å². The third kappa shape index (κ3) is 3.31. The first-order valence-corrected chi connectivity index (χ1v) is 6.94. The van der Waals surface area contributed by atoms with Crippen molar-refractivity contribution in [1.82, 2.24) is 0 Å². The predicted molar refractivity (Wildman–Crippen MR) is 73.3 cm³/mol. The molecule has 0 aliphatic heterocycles. The van der Waals surface area contributed by atoms with Crippen LogP contribution >= 0.6 is 0 Å². The highest BCUT2D eigenvalue weighted by Gasteiger charge is 2.09. The number of nitrogens with one attached hydrogen (secondary N) is 1. The molecule has 2 rings (SSSR count). The highest BCUT2D eigenvalue weighted by molar-refractivity contribution is 7.90. The zero-order chi connectivity index (χ0) is 13.9. The summed E-state index contributed by atoms with van der Waals surface area (Å²) in [4.78, 5) is 0. The molecule has 0 aliphatic carbocycles. The van der Waals surface area contributed by atoms with E-state index in [0.717, 1.165) is 11.1 Å². The van der Waals surface area contributed by atoms with E-state index in [2.05, 4.69) is 4.72 Å². The molecule has 0 unspecified atom stereocenters. The molecule has 0 atom stereocenters. The lowest BCUT2D eigenvalue weighted by molar-refractivity contribution is 0.603. The first kappa shape index (κ1) is 13.1.